The van der Waals surface area contributed by atoms with Crippen LogP contribution in [0.3, 0.4) is 0 Å². The smallest absolute Gasteiger partial charge is 0.241 e. The average Bonchev–Trinajstić information content (AvgIpc) is 3.30. The molecule has 0 spiro atoms. The number of rotatable bonds is 6. The molecule has 1 saturated heterocycles. The Morgan fingerprint density at radius 1 is 1.40 bits per heavy atom. The number of nitrogens with one attached hydrogen (secondary N) is 2. The van der Waals surface area contributed by atoms with E-state index in [4.69, 9.17) is 4.74 Å². The lowest BCUT2D eigenvalue weighted by atomic mass is 10.0. The van der Waals surface area contributed by atoms with Gasteiger partial charge in [0.2, 0.25) is 5.91 Å². The number of hydrazine groups is 1. The zero-order valence-electron chi connectivity index (χ0n) is 14.9. The third kappa shape index (κ3) is 3.83. The van der Waals surface area contributed by atoms with Crippen LogP contribution in [0.5, 0.6) is 5.75 Å². The van der Waals surface area contributed by atoms with Gasteiger partial charge >= 0.3 is 0 Å². The Hall–Kier alpha value is -2.38. The summed E-state index contributed by atoms with van der Waals surface area (Å²) in [5.41, 5.74) is 8.49. The fourth-order valence-electron chi connectivity index (χ4n) is 3.16. The van der Waals surface area contributed by atoms with Gasteiger partial charge in [-0.2, -0.15) is 5.10 Å². The molecule has 25 heavy (non-hydrogen) atoms. The first kappa shape index (κ1) is 17.4. The molecule has 2 N–H and O–H groups in total. The Labute approximate surface area is 147 Å². The molecule has 1 amide bonds. The van der Waals surface area contributed by atoms with Crippen molar-refractivity contribution >= 4 is 5.91 Å². The standard InChI is InChI=1S/C18H25N5O2/c1-4-23-14(8-9-19-23)12-22(2)18(24)17-11-16(20-21-17)13-6-5-7-15(10-13)25-3/h5-10,16-17,20-21H,4,11-12H2,1-3H3. The number of hydrogen-bond acceptors (Lipinski definition) is 5. The summed E-state index contributed by atoms with van der Waals surface area (Å²) in [5.74, 6) is 0.890. The van der Waals surface area contributed by atoms with Crippen molar-refractivity contribution in [2.45, 2.75) is 38.5 Å². The van der Waals surface area contributed by atoms with E-state index in [1.807, 2.05) is 49.0 Å². The maximum Gasteiger partial charge on any atom is 0.241 e. The van der Waals surface area contributed by atoms with Gasteiger partial charge in [-0.3, -0.25) is 9.48 Å². The Balaban J connectivity index is 1.61. The van der Waals surface area contributed by atoms with Crippen LogP contribution in [0.2, 0.25) is 0 Å². The summed E-state index contributed by atoms with van der Waals surface area (Å²) < 4.78 is 7.18. The number of likely N-dealkylation sites (N-methyl/N-ethyl adjacent to an activating group) is 1. The predicted octanol–water partition coefficient (Wildman–Crippen LogP) is 1.48. The van der Waals surface area contributed by atoms with Gasteiger partial charge in [-0.25, -0.2) is 10.9 Å². The van der Waals surface area contributed by atoms with Gasteiger partial charge in [0, 0.05) is 25.8 Å². The second-order valence-corrected chi connectivity index (χ2v) is 6.24. The Morgan fingerprint density at radius 3 is 3.00 bits per heavy atom. The molecule has 0 radical (unpaired) electrons. The molecule has 0 saturated carbocycles. The maximum atomic E-state index is 12.7. The number of hydrogen-bond donors (Lipinski definition) is 2. The van der Waals surface area contributed by atoms with E-state index in [9.17, 15) is 4.79 Å². The van der Waals surface area contributed by atoms with Crippen molar-refractivity contribution in [2.75, 3.05) is 14.2 Å². The number of benzene rings is 1. The largest absolute Gasteiger partial charge is 0.497 e. The second kappa shape index (κ2) is 7.67. The van der Waals surface area contributed by atoms with Gasteiger partial charge in [0.15, 0.2) is 0 Å². The zero-order chi connectivity index (χ0) is 17.8. The van der Waals surface area contributed by atoms with Gasteiger partial charge < -0.3 is 9.64 Å². The number of carbonyl (C=O) groups excluding carboxylic acids is 1. The third-order valence-corrected chi connectivity index (χ3v) is 4.58. The fourth-order valence-corrected chi connectivity index (χ4v) is 3.16. The predicted molar refractivity (Wildman–Crippen MR) is 94.8 cm³/mol. The van der Waals surface area contributed by atoms with Crippen LogP contribution in [0, 0.1) is 0 Å². The van der Waals surface area contributed by atoms with Gasteiger partial charge in [-0.05, 0) is 37.1 Å². The van der Waals surface area contributed by atoms with Crippen LogP contribution in [-0.2, 0) is 17.9 Å². The Bertz CT molecular complexity index is 730. The molecule has 2 aromatic rings. The van der Waals surface area contributed by atoms with Crippen LogP contribution >= 0.6 is 0 Å². The molecule has 3 rings (SSSR count). The lowest BCUT2D eigenvalue weighted by molar-refractivity contribution is -0.132. The Morgan fingerprint density at radius 2 is 2.24 bits per heavy atom. The summed E-state index contributed by atoms with van der Waals surface area (Å²) in [7, 11) is 3.48. The average molecular weight is 343 g/mol. The van der Waals surface area contributed by atoms with Gasteiger partial charge in [-0.1, -0.05) is 12.1 Å². The molecule has 134 valence electrons. The highest BCUT2D eigenvalue weighted by atomic mass is 16.5. The molecular weight excluding hydrogens is 318 g/mol. The summed E-state index contributed by atoms with van der Waals surface area (Å²) in [4.78, 5) is 14.5. The van der Waals surface area contributed by atoms with Crippen LogP contribution < -0.4 is 15.6 Å². The van der Waals surface area contributed by atoms with E-state index in [-0.39, 0.29) is 18.0 Å². The highest BCUT2D eigenvalue weighted by Gasteiger charge is 2.32. The molecule has 1 aromatic carbocycles. The molecule has 7 nitrogen and oxygen atoms in total. The van der Waals surface area contributed by atoms with E-state index in [1.165, 1.54) is 0 Å². The van der Waals surface area contributed by atoms with E-state index in [1.54, 1.807) is 18.2 Å². The number of aryl methyl sites for hydroxylation is 1. The Kier molecular flexibility index (Phi) is 5.35. The maximum absolute atomic E-state index is 12.7. The van der Waals surface area contributed by atoms with Gasteiger partial charge in [0.25, 0.3) is 0 Å². The molecule has 0 aliphatic carbocycles. The number of aromatic nitrogens is 2. The van der Waals surface area contributed by atoms with E-state index < -0.39 is 0 Å². The SMILES string of the molecule is CCn1nccc1CN(C)C(=O)C1CC(c2cccc(OC)c2)NN1. The molecule has 0 bridgehead atoms. The number of methoxy groups -OCH3 is 1. The summed E-state index contributed by atoms with van der Waals surface area (Å²) in [6.45, 7) is 3.39. The highest BCUT2D eigenvalue weighted by Crippen LogP contribution is 2.26. The van der Waals surface area contributed by atoms with Crippen LogP contribution in [0.15, 0.2) is 36.5 Å². The van der Waals surface area contributed by atoms with Crippen molar-refractivity contribution in [3.63, 3.8) is 0 Å². The summed E-state index contributed by atoms with van der Waals surface area (Å²) in [6.07, 6.45) is 2.47. The molecule has 2 unspecified atom stereocenters. The molecule has 1 aliphatic rings. The topological polar surface area (TPSA) is 71.4 Å². The molecule has 2 heterocycles. The fraction of sp³-hybridized carbons (Fsp3) is 0.444. The number of ether oxygens (including phenoxy) is 1. The minimum Gasteiger partial charge on any atom is -0.497 e. The minimum atomic E-state index is -0.251. The lowest BCUT2D eigenvalue weighted by Crippen LogP contribution is -2.43. The minimum absolute atomic E-state index is 0.0711. The van der Waals surface area contributed by atoms with Crippen molar-refractivity contribution in [2.24, 2.45) is 0 Å². The van der Waals surface area contributed by atoms with Gasteiger partial charge in [0.1, 0.15) is 11.8 Å². The van der Waals surface area contributed by atoms with Crippen molar-refractivity contribution in [1.29, 1.82) is 0 Å². The first-order chi connectivity index (χ1) is 12.1. The number of carbonyl (C=O) groups is 1. The highest BCUT2D eigenvalue weighted by molar-refractivity contribution is 5.82. The van der Waals surface area contributed by atoms with E-state index >= 15 is 0 Å². The monoisotopic (exact) mass is 343 g/mol. The quantitative estimate of drug-likeness (QED) is 0.831. The molecule has 7 heteroatoms. The molecule has 1 aliphatic heterocycles. The van der Waals surface area contributed by atoms with Crippen molar-refractivity contribution in [3.8, 4) is 5.75 Å². The van der Waals surface area contributed by atoms with Crippen molar-refractivity contribution in [3.05, 3.63) is 47.8 Å². The number of nitrogens with zero attached hydrogens (tertiary/aromatic N) is 3. The van der Waals surface area contributed by atoms with Crippen LogP contribution in [0.25, 0.3) is 0 Å². The summed E-state index contributed by atoms with van der Waals surface area (Å²) in [5, 5.41) is 4.25. The first-order valence-electron chi connectivity index (χ1n) is 8.53. The lowest BCUT2D eigenvalue weighted by Gasteiger charge is -2.21. The second-order valence-electron chi connectivity index (χ2n) is 6.24. The van der Waals surface area contributed by atoms with Crippen LogP contribution in [0.1, 0.15) is 30.6 Å². The summed E-state index contributed by atoms with van der Waals surface area (Å²) >= 11 is 0. The summed E-state index contributed by atoms with van der Waals surface area (Å²) in [6, 6.07) is 9.70. The van der Waals surface area contributed by atoms with Crippen LogP contribution in [0.4, 0.5) is 0 Å². The van der Waals surface area contributed by atoms with Crippen molar-refractivity contribution in [1.82, 2.24) is 25.5 Å². The third-order valence-electron chi connectivity index (χ3n) is 4.58. The van der Waals surface area contributed by atoms with E-state index in [2.05, 4.69) is 16.0 Å². The first-order valence-corrected chi connectivity index (χ1v) is 8.53. The molecular formula is C18H25N5O2. The zero-order valence-corrected chi connectivity index (χ0v) is 14.9. The van der Waals surface area contributed by atoms with E-state index in [0.29, 0.717) is 13.0 Å². The molecule has 2 atom stereocenters. The molecule has 1 aromatic heterocycles. The van der Waals surface area contributed by atoms with E-state index in [0.717, 1.165) is 23.6 Å². The van der Waals surface area contributed by atoms with Crippen LogP contribution in [-0.4, -0.2) is 40.8 Å². The van der Waals surface area contributed by atoms with Crippen molar-refractivity contribution < 1.29 is 9.53 Å². The molecule has 1 fully saturated rings. The van der Waals surface area contributed by atoms with Gasteiger partial charge in [0.05, 0.1) is 19.3 Å². The number of amides is 1. The normalized spacial score (nSPS) is 19.8. The van der Waals surface area contributed by atoms with Gasteiger partial charge in [-0.15, -0.1) is 0 Å².